The van der Waals surface area contributed by atoms with Gasteiger partial charge < -0.3 is 14.0 Å². The van der Waals surface area contributed by atoms with E-state index in [0.29, 0.717) is 6.04 Å². The Morgan fingerprint density at radius 1 is 1.33 bits per heavy atom. The summed E-state index contributed by atoms with van der Waals surface area (Å²) < 4.78 is 13.2. The Kier molecular flexibility index (Phi) is 4.09. The van der Waals surface area contributed by atoms with Gasteiger partial charge in [0.15, 0.2) is 0 Å². The molecule has 5 heteroatoms. The maximum absolute atomic E-state index is 6.37. The number of benzene rings is 1. The maximum atomic E-state index is 6.37. The molecule has 3 rings (SSSR count). The molecular weight excluding hydrogens is 288 g/mol. The van der Waals surface area contributed by atoms with Crippen LogP contribution in [0.1, 0.15) is 43.4 Å². The van der Waals surface area contributed by atoms with E-state index in [9.17, 15) is 0 Å². The van der Waals surface area contributed by atoms with Crippen molar-refractivity contribution in [1.82, 2.24) is 9.55 Å². The van der Waals surface area contributed by atoms with Gasteiger partial charge in [-0.2, -0.15) is 0 Å². The third-order valence-electron chi connectivity index (χ3n) is 4.33. The van der Waals surface area contributed by atoms with Gasteiger partial charge in [-0.05, 0) is 38.3 Å². The molecule has 114 valence electrons. The molecule has 1 aromatic carbocycles. The van der Waals surface area contributed by atoms with Gasteiger partial charge in [0.1, 0.15) is 11.6 Å². The van der Waals surface area contributed by atoms with Crippen LogP contribution < -0.4 is 4.74 Å². The van der Waals surface area contributed by atoms with Crippen molar-refractivity contribution in [3.8, 4) is 5.75 Å². The fourth-order valence-electron chi connectivity index (χ4n) is 3.33. The van der Waals surface area contributed by atoms with Gasteiger partial charge in [0.25, 0.3) is 0 Å². The predicted molar refractivity (Wildman–Crippen MR) is 84.2 cm³/mol. The minimum atomic E-state index is -0.137. The lowest BCUT2D eigenvalue weighted by atomic mass is 10.2. The Balaban J connectivity index is 2.16. The number of halogens is 1. The Morgan fingerprint density at radius 3 is 2.81 bits per heavy atom. The molecule has 1 aliphatic rings. The highest BCUT2D eigenvalue weighted by molar-refractivity contribution is 6.20. The number of methoxy groups -OCH3 is 2. The van der Waals surface area contributed by atoms with Gasteiger partial charge in [-0.3, -0.25) is 0 Å². The molecule has 0 amide bonds. The predicted octanol–water partition coefficient (Wildman–Crippen LogP) is 4.08. The number of imidazole rings is 1. The summed E-state index contributed by atoms with van der Waals surface area (Å²) in [6, 6.07) is 6.31. The van der Waals surface area contributed by atoms with Crippen molar-refractivity contribution >= 4 is 22.6 Å². The van der Waals surface area contributed by atoms with Crippen LogP contribution in [0.4, 0.5) is 0 Å². The molecule has 1 heterocycles. The summed E-state index contributed by atoms with van der Waals surface area (Å²) in [5.74, 6) is 1.73. The number of ether oxygens (including phenoxy) is 2. The molecule has 4 nitrogen and oxygen atoms in total. The van der Waals surface area contributed by atoms with Crippen LogP contribution >= 0.6 is 11.6 Å². The summed E-state index contributed by atoms with van der Waals surface area (Å²) in [4.78, 5) is 4.73. The summed E-state index contributed by atoms with van der Waals surface area (Å²) in [6.07, 6.45) is 3.60. The summed E-state index contributed by atoms with van der Waals surface area (Å²) in [7, 11) is 3.45. The van der Waals surface area contributed by atoms with E-state index in [4.69, 9.17) is 26.1 Å². The monoisotopic (exact) mass is 308 g/mol. The number of rotatable bonds is 4. The zero-order chi connectivity index (χ0) is 15.0. The zero-order valence-electron chi connectivity index (χ0n) is 12.7. The summed E-state index contributed by atoms with van der Waals surface area (Å²) in [5, 5.41) is -0.137. The Labute approximate surface area is 130 Å². The van der Waals surface area contributed by atoms with E-state index >= 15 is 0 Å². The van der Waals surface area contributed by atoms with E-state index in [1.165, 1.54) is 6.42 Å². The zero-order valence-corrected chi connectivity index (χ0v) is 13.4. The van der Waals surface area contributed by atoms with Crippen LogP contribution in [0.25, 0.3) is 11.0 Å². The summed E-state index contributed by atoms with van der Waals surface area (Å²) in [6.45, 7) is 1.97. The summed E-state index contributed by atoms with van der Waals surface area (Å²) >= 11 is 6.37. The van der Waals surface area contributed by atoms with Crippen LogP contribution in [0.15, 0.2) is 18.2 Å². The average Bonchev–Trinajstić information content (AvgIpc) is 3.09. The molecule has 0 N–H and O–H groups in total. The highest BCUT2D eigenvalue weighted by Gasteiger charge is 2.32. The van der Waals surface area contributed by atoms with Gasteiger partial charge in [-0.15, -0.1) is 11.6 Å². The molecule has 0 saturated heterocycles. The molecular formula is C16H21ClN2O2. The lowest BCUT2D eigenvalue weighted by molar-refractivity contribution is 0.0753. The van der Waals surface area contributed by atoms with Crippen molar-refractivity contribution in [3.05, 3.63) is 24.0 Å². The fourth-order valence-corrected chi connectivity index (χ4v) is 3.48. The van der Waals surface area contributed by atoms with E-state index in [1.54, 1.807) is 14.2 Å². The smallest absolute Gasteiger partial charge is 0.128 e. The van der Waals surface area contributed by atoms with E-state index in [0.717, 1.165) is 35.4 Å². The minimum Gasteiger partial charge on any atom is -0.497 e. The number of aromatic nitrogens is 2. The van der Waals surface area contributed by atoms with Crippen molar-refractivity contribution < 1.29 is 9.47 Å². The lowest BCUT2D eigenvalue weighted by Crippen LogP contribution is -2.22. The van der Waals surface area contributed by atoms with Gasteiger partial charge in [0, 0.05) is 13.2 Å². The van der Waals surface area contributed by atoms with Crippen LogP contribution in [-0.2, 0) is 4.74 Å². The second kappa shape index (κ2) is 5.85. The van der Waals surface area contributed by atoms with E-state index in [-0.39, 0.29) is 11.5 Å². The molecule has 1 saturated carbocycles. The Hall–Kier alpha value is -1.26. The maximum Gasteiger partial charge on any atom is 0.128 e. The van der Waals surface area contributed by atoms with Crippen molar-refractivity contribution in [1.29, 1.82) is 0 Å². The first-order valence-corrected chi connectivity index (χ1v) is 7.82. The van der Waals surface area contributed by atoms with Crippen LogP contribution in [-0.4, -0.2) is 29.9 Å². The van der Waals surface area contributed by atoms with E-state index in [1.807, 2.05) is 19.1 Å². The van der Waals surface area contributed by atoms with E-state index < -0.39 is 0 Å². The van der Waals surface area contributed by atoms with Crippen LogP contribution in [0.3, 0.4) is 0 Å². The van der Waals surface area contributed by atoms with Gasteiger partial charge >= 0.3 is 0 Å². The quantitative estimate of drug-likeness (QED) is 0.798. The first-order chi connectivity index (χ1) is 10.2. The third kappa shape index (κ3) is 2.51. The molecule has 1 aromatic heterocycles. The fraction of sp³-hybridized carbons (Fsp3) is 0.562. The number of alkyl halides is 1. The summed E-state index contributed by atoms with van der Waals surface area (Å²) in [5.41, 5.74) is 2.03. The van der Waals surface area contributed by atoms with Gasteiger partial charge in [-0.1, -0.05) is 0 Å². The van der Waals surface area contributed by atoms with Crippen LogP contribution in [0, 0.1) is 0 Å². The topological polar surface area (TPSA) is 36.3 Å². The number of nitrogens with zero attached hydrogens (tertiary/aromatic N) is 2. The Morgan fingerprint density at radius 2 is 2.14 bits per heavy atom. The van der Waals surface area contributed by atoms with Crippen molar-refractivity contribution in [3.63, 3.8) is 0 Å². The number of hydrogen-bond donors (Lipinski definition) is 0. The van der Waals surface area contributed by atoms with Crippen LogP contribution in [0.2, 0.25) is 0 Å². The van der Waals surface area contributed by atoms with Crippen molar-refractivity contribution in [2.45, 2.75) is 43.7 Å². The number of hydrogen-bond acceptors (Lipinski definition) is 3. The highest BCUT2D eigenvalue weighted by Crippen LogP contribution is 2.38. The van der Waals surface area contributed by atoms with Gasteiger partial charge in [-0.25, -0.2) is 4.98 Å². The molecule has 0 bridgehead atoms. The van der Waals surface area contributed by atoms with Crippen molar-refractivity contribution in [2.75, 3.05) is 14.2 Å². The minimum absolute atomic E-state index is 0.137. The third-order valence-corrected chi connectivity index (χ3v) is 4.53. The molecule has 0 radical (unpaired) electrons. The first kappa shape index (κ1) is 14.7. The van der Waals surface area contributed by atoms with Gasteiger partial charge in [0.2, 0.25) is 0 Å². The largest absolute Gasteiger partial charge is 0.497 e. The highest BCUT2D eigenvalue weighted by atomic mass is 35.5. The molecule has 2 aromatic rings. The molecule has 1 fully saturated rings. The Bertz CT molecular complexity index is 638. The molecule has 3 unspecified atom stereocenters. The lowest BCUT2D eigenvalue weighted by Gasteiger charge is -2.23. The molecule has 0 spiro atoms. The normalized spacial score (nSPS) is 23.6. The standard InChI is InChI=1S/C16H21ClN2O2/c1-10(17)16-18-12-9-11(20-2)7-8-13(12)19(16)14-5-4-6-15(14)21-3/h7-10,14-15H,4-6H2,1-3H3. The second-order valence-electron chi connectivity index (χ2n) is 5.58. The first-order valence-electron chi connectivity index (χ1n) is 7.38. The molecule has 0 aliphatic heterocycles. The molecule has 21 heavy (non-hydrogen) atoms. The average molecular weight is 309 g/mol. The number of fused-ring (bicyclic) bond motifs is 1. The molecule has 1 aliphatic carbocycles. The van der Waals surface area contributed by atoms with Crippen LogP contribution in [0.5, 0.6) is 5.75 Å². The SMILES string of the molecule is COc1ccc2c(c1)nc(C(C)Cl)n2C1CCCC1OC. The van der Waals surface area contributed by atoms with Crippen molar-refractivity contribution in [2.24, 2.45) is 0 Å². The second-order valence-corrected chi connectivity index (χ2v) is 6.24. The van der Waals surface area contributed by atoms with Gasteiger partial charge in [0.05, 0.1) is 35.7 Å². The molecule has 3 atom stereocenters. The van der Waals surface area contributed by atoms with E-state index in [2.05, 4.69) is 10.6 Å².